The van der Waals surface area contributed by atoms with Crippen LogP contribution in [0.3, 0.4) is 0 Å². The molecule has 1 aromatic carbocycles. The molecule has 0 saturated carbocycles. The second kappa shape index (κ2) is 9.46. The number of hydrogen-bond donors (Lipinski definition) is 6. The number of aromatic amines is 1. The van der Waals surface area contributed by atoms with Gasteiger partial charge in [0, 0.05) is 11.6 Å². The first-order valence-electron chi connectivity index (χ1n) is 12.9. The van der Waals surface area contributed by atoms with Gasteiger partial charge in [-0.05, 0) is 36.9 Å². The highest BCUT2D eigenvalue weighted by atomic mass is 16.5. The number of aliphatic hydroxyl groups excluding tert-OH is 2. The number of aromatic hydroxyl groups is 1. The molecule has 0 radical (unpaired) electrons. The topological polar surface area (TPSA) is 225 Å². The number of hydrogen-bond acceptors (Lipinski definition) is 12. The van der Waals surface area contributed by atoms with Gasteiger partial charge in [0.15, 0.2) is 11.2 Å². The molecule has 1 atom stereocenters. The number of phenols is 1. The van der Waals surface area contributed by atoms with Gasteiger partial charge in [0.25, 0.3) is 11.5 Å². The van der Waals surface area contributed by atoms with E-state index in [0.29, 0.717) is 5.56 Å². The SMILES string of the molecule is CNCC(=O)N/N=C/c1cc2cc3c(c(O)c2c(=O)[nH]1)C1(CC3)C(O)=c2c(=O)c3c(=O)cc(OC)c(=O)c=3c(=O)c2=C1O. The van der Waals surface area contributed by atoms with Crippen molar-refractivity contribution in [1.29, 1.82) is 0 Å². The zero-order chi connectivity index (χ0) is 31.0. The van der Waals surface area contributed by atoms with Gasteiger partial charge in [-0.15, -0.1) is 0 Å². The summed E-state index contributed by atoms with van der Waals surface area (Å²) < 4.78 is 4.88. The average Bonchev–Trinajstić information content (AvgIpc) is 3.45. The van der Waals surface area contributed by atoms with Gasteiger partial charge in [0.1, 0.15) is 22.7 Å². The Labute approximate surface area is 237 Å². The molecule has 1 amide bonds. The molecule has 0 fully saturated rings. The molecule has 6 N–H and O–H groups in total. The van der Waals surface area contributed by atoms with E-state index in [4.69, 9.17) is 4.74 Å². The Morgan fingerprint density at radius 2 is 1.67 bits per heavy atom. The smallest absolute Gasteiger partial charge is 0.260 e. The molecule has 1 aromatic heterocycles. The predicted molar refractivity (Wildman–Crippen MR) is 153 cm³/mol. The van der Waals surface area contributed by atoms with Crippen molar-refractivity contribution in [3.8, 4) is 11.5 Å². The fourth-order valence-corrected chi connectivity index (χ4v) is 6.21. The van der Waals surface area contributed by atoms with Crippen LogP contribution in [0.25, 0.3) is 22.3 Å². The van der Waals surface area contributed by atoms with Crippen molar-refractivity contribution in [2.45, 2.75) is 18.3 Å². The molecule has 1 spiro atoms. The fraction of sp³-hybridized carbons (Fsp3) is 0.207. The van der Waals surface area contributed by atoms with E-state index in [2.05, 4.69) is 20.8 Å². The number of benzene rings is 1. The van der Waals surface area contributed by atoms with Crippen LogP contribution in [0.15, 0.2) is 47.3 Å². The molecule has 4 aliphatic rings. The first-order valence-corrected chi connectivity index (χ1v) is 12.9. The highest BCUT2D eigenvalue weighted by Crippen LogP contribution is 2.54. The van der Waals surface area contributed by atoms with Crippen LogP contribution in [0, 0.1) is 10.4 Å². The number of pyridine rings is 1. The van der Waals surface area contributed by atoms with Gasteiger partial charge < -0.3 is 30.4 Å². The van der Waals surface area contributed by atoms with Crippen LogP contribution in [0.2, 0.25) is 0 Å². The molecule has 1 unspecified atom stereocenters. The van der Waals surface area contributed by atoms with E-state index in [-0.39, 0.29) is 41.4 Å². The minimum Gasteiger partial charge on any atom is -0.510 e. The van der Waals surface area contributed by atoms with Crippen LogP contribution in [0.4, 0.5) is 0 Å². The first-order chi connectivity index (χ1) is 20.5. The first kappa shape index (κ1) is 27.5. The number of likely N-dealkylation sites (N-methyl/N-ethyl adjacent to an activating group) is 1. The monoisotopic (exact) mass is 586 g/mol. The van der Waals surface area contributed by atoms with Crippen LogP contribution in [0.5, 0.6) is 11.5 Å². The van der Waals surface area contributed by atoms with Crippen molar-refractivity contribution in [2.75, 3.05) is 20.7 Å². The number of phenolic OH excluding ortho intramolecular Hbond substituents is 1. The van der Waals surface area contributed by atoms with Crippen molar-refractivity contribution >= 4 is 34.4 Å². The molecular weight excluding hydrogens is 564 g/mol. The van der Waals surface area contributed by atoms with Crippen molar-refractivity contribution < 1.29 is 24.9 Å². The summed E-state index contributed by atoms with van der Waals surface area (Å²) in [7, 11) is 2.70. The average molecular weight is 587 g/mol. The second-order valence-electron chi connectivity index (χ2n) is 10.3. The summed E-state index contributed by atoms with van der Waals surface area (Å²) in [6, 6.07) is 3.81. The zero-order valence-corrected chi connectivity index (χ0v) is 22.6. The lowest BCUT2D eigenvalue weighted by Gasteiger charge is -2.27. The van der Waals surface area contributed by atoms with Gasteiger partial charge in [0.2, 0.25) is 16.3 Å². The van der Waals surface area contributed by atoms with E-state index in [9.17, 15) is 44.1 Å². The van der Waals surface area contributed by atoms with Crippen LogP contribution < -0.4 is 53.2 Å². The summed E-state index contributed by atoms with van der Waals surface area (Å²) >= 11 is 0. The highest BCUT2D eigenvalue weighted by molar-refractivity contribution is 5.96. The van der Waals surface area contributed by atoms with Gasteiger partial charge in [-0.1, -0.05) is 6.07 Å². The van der Waals surface area contributed by atoms with Crippen molar-refractivity contribution in [3.63, 3.8) is 0 Å². The Balaban J connectivity index is 1.62. The van der Waals surface area contributed by atoms with Crippen LogP contribution >= 0.6 is 0 Å². The number of carbonyl (C=O) groups excluding carboxylic acids is 1. The van der Waals surface area contributed by atoms with Gasteiger partial charge in [-0.3, -0.25) is 28.8 Å². The number of carbonyl (C=O) groups is 1. The maximum atomic E-state index is 13.6. The molecule has 0 saturated heterocycles. The van der Waals surface area contributed by atoms with E-state index in [1.165, 1.54) is 12.3 Å². The highest BCUT2D eigenvalue weighted by Gasteiger charge is 2.53. The summed E-state index contributed by atoms with van der Waals surface area (Å²) in [5.41, 5.74) is -4.27. The Bertz CT molecular complexity index is 2440. The van der Waals surface area contributed by atoms with E-state index < -0.39 is 82.5 Å². The fourth-order valence-electron chi connectivity index (χ4n) is 6.21. The number of rotatable bonds is 5. The molecule has 14 heteroatoms. The number of nitrogens with zero attached hydrogens (tertiary/aromatic N) is 1. The van der Waals surface area contributed by atoms with E-state index >= 15 is 0 Å². The second-order valence-corrected chi connectivity index (χ2v) is 10.3. The molecule has 218 valence electrons. The predicted octanol–water partition coefficient (Wildman–Crippen LogP) is -2.82. The number of aliphatic hydroxyl groups is 2. The molecule has 4 aliphatic carbocycles. The molecule has 2 aromatic rings. The van der Waals surface area contributed by atoms with Crippen molar-refractivity contribution in [3.05, 3.63) is 107 Å². The number of aryl methyl sites for hydroxylation is 1. The number of H-pyrrole nitrogens is 1. The third-order valence-corrected chi connectivity index (χ3v) is 8.01. The maximum Gasteiger partial charge on any atom is 0.260 e. The van der Waals surface area contributed by atoms with E-state index in [1.54, 1.807) is 13.1 Å². The van der Waals surface area contributed by atoms with E-state index in [0.717, 1.165) is 13.2 Å². The van der Waals surface area contributed by atoms with Crippen LogP contribution in [0.1, 0.15) is 23.2 Å². The lowest BCUT2D eigenvalue weighted by molar-refractivity contribution is -0.120. The van der Waals surface area contributed by atoms with Crippen molar-refractivity contribution in [1.82, 2.24) is 15.7 Å². The lowest BCUT2D eigenvalue weighted by atomic mass is 9.78. The molecular formula is C29H22N4O10. The number of hydrazone groups is 1. The number of amides is 1. The summed E-state index contributed by atoms with van der Waals surface area (Å²) in [6.45, 7) is 0.0208. The Kier molecular flexibility index (Phi) is 6.05. The third-order valence-electron chi connectivity index (χ3n) is 8.01. The number of methoxy groups -OCH3 is 1. The number of nitrogens with one attached hydrogen (secondary N) is 3. The maximum absolute atomic E-state index is 13.6. The van der Waals surface area contributed by atoms with Gasteiger partial charge >= 0.3 is 0 Å². The Hall–Kier alpha value is -5.63. The van der Waals surface area contributed by atoms with Gasteiger partial charge in [0.05, 0.1) is 51.8 Å². The Morgan fingerprint density at radius 1 is 1.00 bits per heavy atom. The minimum absolute atomic E-state index is 0.0208. The quantitative estimate of drug-likeness (QED) is 0.103. The molecule has 14 nitrogen and oxygen atoms in total. The Morgan fingerprint density at radius 3 is 2.33 bits per heavy atom. The third kappa shape index (κ3) is 3.59. The normalized spacial score (nSPS) is 17.3. The summed E-state index contributed by atoms with van der Waals surface area (Å²) in [4.78, 5) is 80.0. The molecule has 0 aliphatic heterocycles. The zero-order valence-electron chi connectivity index (χ0n) is 22.6. The summed E-state index contributed by atoms with van der Waals surface area (Å²) in [6.07, 6.45) is 1.22. The van der Waals surface area contributed by atoms with E-state index in [1.807, 2.05) is 0 Å². The summed E-state index contributed by atoms with van der Waals surface area (Å²) in [5, 5.41) is 38.1. The number of aromatic nitrogens is 1. The number of ether oxygens (including phenoxy) is 1. The lowest BCUT2D eigenvalue weighted by Crippen LogP contribution is -2.51. The van der Waals surface area contributed by atoms with Crippen LogP contribution in [-0.4, -0.2) is 53.1 Å². The summed E-state index contributed by atoms with van der Waals surface area (Å²) in [5.74, 6) is -3.06. The largest absolute Gasteiger partial charge is 0.510 e. The molecule has 1 heterocycles. The number of fused-ring (bicyclic) bond motifs is 4. The van der Waals surface area contributed by atoms with Gasteiger partial charge in [-0.2, -0.15) is 5.10 Å². The van der Waals surface area contributed by atoms with Crippen molar-refractivity contribution in [2.24, 2.45) is 5.10 Å². The molecule has 43 heavy (non-hydrogen) atoms. The van der Waals surface area contributed by atoms with Crippen LogP contribution in [-0.2, 0) is 16.6 Å². The molecule has 6 rings (SSSR count). The van der Waals surface area contributed by atoms with Gasteiger partial charge in [-0.25, -0.2) is 5.43 Å². The standard InChI is InChI=1S/C29H22N4O10/c1-30-9-15(35)33-31-8-12-6-11-5-10-3-4-29(21(10)25(39)16(11)28(42)32-12)26(40)19-20(27(29)41)24(38)18-17(23(19)37)13(34)7-14(43-2)22(18)36/h5-8,30,39-41H,3-4,9H2,1-2H3,(H,32,42)(H,33,35)/b31-8+. The minimum atomic E-state index is -1.99. The molecule has 0 bridgehead atoms.